The Bertz CT molecular complexity index is 2060. The fraction of sp³-hybridized carbons (Fsp3) is 0.273. The Morgan fingerprint density at radius 3 is 1.34 bits per heavy atom. The van der Waals surface area contributed by atoms with Crippen molar-refractivity contribution in [2.24, 2.45) is 0 Å². The van der Waals surface area contributed by atoms with Gasteiger partial charge < -0.3 is 0 Å². The number of benzene rings is 6. The number of hydrogen-bond acceptors (Lipinski definition) is 0. The molecule has 0 N–H and O–H groups in total. The molecule has 0 unspecified atom stereocenters. The summed E-state index contributed by atoms with van der Waals surface area (Å²) < 4.78 is 0. The molecule has 0 fully saturated rings. The van der Waals surface area contributed by atoms with Gasteiger partial charge in [-0.05, 0) is 111 Å². The predicted molar refractivity (Wildman–Crippen MR) is 193 cm³/mol. The highest BCUT2D eigenvalue weighted by Crippen LogP contribution is 2.59. The van der Waals surface area contributed by atoms with Crippen molar-refractivity contribution >= 4 is 21.5 Å². The third-order valence-electron chi connectivity index (χ3n) is 9.59. The van der Waals surface area contributed by atoms with Gasteiger partial charge in [-0.3, -0.25) is 0 Å². The predicted octanol–water partition coefficient (Wildman–Crippen LogP) is 12.9. The van der Waals surface area contributed by atoms with Gasteiger partial charge in [0.15, 0.2) is 0 Å². The van der Waals surface area contributed by atoms with Crippen LogP contribution in [0.4, 0.5) is 0 Å². The molecule has 1 aliphatic carbocycles. The molecule has 0 amide bonds. The summed E-state index contributed by atoms with van der Waals surface area (Å²) in [4.78, 5) is 0. The Morgan fingerprint density at radius 2 is 0.864 bits per heavy atom. The molecule has 0 bridgehead atoms. The van der Waals surface area contributed by atoms with Crippen LogP contribution in [0, 0.1) is 0 Å². The van der Waals surface area contributed by atoms with Crippen LogP contribution in [0.1, 0.15) is 79.0 Å². The molecule has 0 nitrogen and oxygen atoms in total. The highest BCUT2D eigenvalue weighted by Gasteiger charge is 2.34. The number of fused-ring (bicyclic) bond motifs is 4. The van der Waals surface area contributed by atoms with E-state index in [1.165, 1.54) is 82.7 Å². The van der Waals surface area contributed by atoms with Crippen molar-refractivity contribution in [1.82, 2.24) is 0 Å². The lowest BCUT2D eigenvalue weighted by Crippen LogP contribution is -2.12. The summed E-state index contributed by atoms with van der Waals surface area (Å²) in [7, 11) is 0. The smallest absolute Gasteiger partial charge is 0.000720 e. The third-order valence-corrected chi connectivity index (χ3v) is 9.59. The lowest BCUT2D eigenvalue weighted by Gasteiger charge is -2.27. The topological polar surface area (TPSA) is 0 Å². The molecule has 1 aliphatic rings. The Balaban J connectivity index is 1.82. The van der Waals surface area contributed by atoms with E-state index < -0.39 is 0 Å². The van der Waals surface area contributed by atoms with Crippen molar-refractivity contribution in [1.29, 1.82) is 0 Å². The van der Waals surface area contributed by atoms with Crippen molar-refractivity contribution < 1.29 is 0 Å². The van der Waals surface area contributed by atoms with E-state index in [9.17, 15) is 0 Å². The zero-order valence-corrected chi connectivity index (χ0v) is 27.8. The van der Waals surface area contributed by atoms with Gasteiger partial charge in [0.25, 0.3) is 0 Å². The van der Waals surface area contributed by atoms with Gasteiger partial charge in [0, 0.05) is 0 Å². The van der Waals surface area contributed by atoms with Gasteiger partial charge in [-0.25, -0.2) is 0 Å². The summed E-state index contributed by atoms with van der Waals surface area (Å²) >= 11 is 0. The Hall–Kier alpha value is -4.16. The zero-order chi connectivity index (χ0) is 31.2. The van der Waals surface area contributed by atoms with Gasteiger partial charge >= 0.3 is 0 Å². The minimum Gasteiger partial charge on any atom is -0.0622 e. The molecule has 0 saturated heterocycles. The Morgan fingerprint density at radius 1 is 0.386 bits per heavy atom. The molecule has 6 aromatic carbocycles. The molecule has 0 aliphatic heterocycles. The lowest BCUT2D eigenvalue weighted by atomic mass is 9.76. The molecule has 0 saturated carbocycles. The van der Waals surface area contributed by atoms with Crippen LogP contribution in [0.2, 0.25) is 0 Å². The Labute approximate surface area is 263 Å². The molecular formula is C44H44. The van der Waals surface area contributed by atoms with Crippen LogP contribution in [0.5, 0.6) is 0 Å². The molecule has 0 aromatic heterocycles. The largest absolute Gasteiger partial charge is 0.0622 e. The first-order chi connectivity index (χ1) is 20.7. The van der Waals surface area contributed by atoms with Crippen LogP contribution in [-0.2, 0) is 16.2 Å². The minimum atomic E-state index is -0.0291. The van der Waals surface area contributed by atoms with Gasteiger partial charge in [-0.1, -0.05) is 153 Å². The Kier molecular flexibility index (Phi) is 6.29. The van der Waals surface area contributed by atoms with E-state index in [0.717, 1.165) is 0 Å². The van der Waals surface area contributed by atoms with Crippen molar-refractivity contribution in [2.75, 3.05) is 0 Å². The average molecular weight is 573 g/mol. The number of rotatable bonds is 2. The van der Waals surface area contributed by atoms with Crippen LogP contribution in [0.25, 0.3) is 66.1 Å². The first-order valence-electron chi connectivity index (χ1n) is 16.1. The molecule has 0 spiro atoms. The maximum atomic E-state index is 2.52. The minimum absolute atomic E-state index is 0.0218. The molecular weight excluding hydrogens is 528 g/mol. The molecule has 44 heavy (non-hydrogen) atoms. The summed E-state index contributed by atoms with van der Waals surface area (Å²) in [6, 6.07) is 39.2. The first-order valence-corrected chi connectivity index (χ1v) is 16.1. The van der Waals surface area contributed by atoms with Gasteiger partial charge in [0.1, 0.15) is 0 Å². The summed E-state index contributed by atoms with van der Waals surface area (Å²) in [5.41, 5.74) is 15.0. The fourth-order valence-electron chi connectivity index (χ4n) is 7.28. The lowest BCUT2D eigenvalue weighted by molar-refractivity contribution is 0.589. The van der Waals surface area contributed by atoms with Crippen LogP contribution >= 0.6 is 0 Å². The van der Waals surface area contributed by atoms with Crippen LogP contribution < -0.4 is 0 Å². The molecule has 7 rings (SSSR count). The molecule has 0 heterocycles. The van der Waals surface area contributed by atoms with E-state index in [4.69, 9.17) is 0 Å². The number of hydrogen-bond donors (Lipinski definition) is 0. The fourth-order valence-corrected chi connectivity index (χ4v) is 7.28. The second kappa shape index (κ2) is 9.67. The second-order valence-electron chi connectivity index (χ2n) is 15.9. The van der Waals surface area contributed by atoms with Gasteiger partial charge in [0.2, 0.25) is 0 Å². The third kappa shape index (κ3) is 4.42. The maximum absolute atomic E-state index is 2.52. The van der Waals surface area contributed by atoms with Crippen LogP contribution in [0.15, 0.2) is 103 Å². The standard InChI is InChI=1S/C44H44/c1-42(2,3)30-23-29-24-31(43(4,5)6)26-34-36(29)33(25-30)40-37(27-17-12-10-13-18-27)32-21-16-22-35(44(7,8)9)39(32)38(41(34)40)28-19-14-11-15-20-28/h10-26H,1-9H3. The zero-order valence-electron chi connectivity index (χ0n) is 27.8. The monoisotopic (exact) mass is 572 g/mol. The SMILES string of the molecule is CC(C)(C)c1cc2c3c(cc(C(C)(C)C)cc3c1)-c1c-2c(-c2ccccc2)c2cccc(C(C)(C)C)c2c1-c1ccccc1. The summed E-state index contributed by atoms with van der Waals surface area (Å²) in [5.74, 6) is 0. The highest BCUT2D eigenvalue weighted by atomic mass is 14.4. The van der Waals surface area contributed by atoms with E-state index in [0.29, 0.717) is 0 Å². The average Bonchev–Trinajstić information content (AvgIpc) is 3.29. The van der Waals surface area contributed by atoms with E-state index in [1.54, 1.807) is 0 Å². The van der Waals surface area contributed by atoms with Crippen molar-refractivity contribution in [3.05, 3.63) is 120 Å². The van der Waals surface area contributed by atoms with E-state index in [-0.39, 0.29) is 16.2 Å². The molecule has 6 aromatic rings. The maximum Gasteiger partial charge on any atom is -0.000720 e. The van der Waals surface area contributed by atoms with Crippen molar-refractivity contribution in [2.45, 2.75) is 78.6 Å². The van der Waals surface area contributed by atoms with Gasteiger partial charge in [-0.2, -0.15) is 0 Å². The summed E-state index contributed by atoms with van der Waals surface area (Å²) in [6.45, 7) is 21.1. The van der Waals surface area contributed by atoms with Crippen molar-refractivity contribution in [3.63, 3.8) is 0 Å². The molecule has 0 atom stereocenters. The second-order valence-corrected chi connectivity index (χ2v) is 15.9. The van der Waals surface area contributed by atoms with Gasteiger partial charge in [-0.15, -0.1) is 0 Å². The van der Waals surface area contributed by atoms with Crippen molar-refractivity contribution in [3.8, 4) is 44.5 Å². The quantitative estimate of drug-likeness (QED) is 0.193. The summed E-state index contributed by atoms with van der Waals surface area (Å²) in [5, 5.41) is 5.45. The van der Waals surface area contributed by atoms with Crippen LogP contribution in [-0.4, -0.2) is 0 Å². The first kappa shape index (κ1) is 28.6. The van der Waals surface area contributed by atoms with E-state index in [2.05, 4.69) is 165 Å². The van der Waals surface area contributed by atoms with E-state index in [1.807, 2.05) is 0 Å². The van der Waals surface area contributed by atoms with Crippen LogP contribution in [0.3, 0.4) is 0 Å². The summed E-state index contributed by atoms with van der Waals surface area (Å²) in [6.07, 6.45) is 0. The highest BCUT2D eigenvalue weighted by molar-refractivity contribution is 6.28. The molecule has 0 heteroatoms. The van der Waals surface area contributed by atoms with Gasteiger partial charge in [0.05, 0.1) is 0 Å². The molecule has 220 valence electrons. The normalized spacial score (nSPS) is 13.1. The van der Waals surface area contributed by atoms with E-state index >= 15 is 0 Å². The molecule has 0 radical (unpaired) electrons.